The number of rotatable bonds is 6. The van der Waals surface area contributed by atoms with Crippen LogP contribution in [0.5, 0.6) is 0 Å². The highest BCUT2D eigenvalue weighted by Crippen LogP contribution is 2.19. The molecule has 2 aromatic carbocycles. The van der Waals surface area contributed by atoms with E-state index < -0.39 is 10.0 Å². The molecule has 0 unspecified atom stereocenters. The van der Waals surface area contributed by atoms with Crippen LogP contribution in [-0.2, 0) is 21.2 Å². The minimum absolute atomic E-state index is 0.0843. The molecule has 8 heteroatoms. The van der Waals surface area contributed by atoms with E-state index in [9.17, 15) is 13.2 Å². The topological polar surface area (TPSA) is 87.6 Å². The van der Waals surface area contributed by atoms with E-state index in [-0.39, 0.29) is 17.2 Å². The van der Waals surface area contributed by atoms with Gasteiger partial charge in [0, 0.05) is 30.1 Å². The van der Waals surface area contributed by atoms with E-state index in [2.05, 4.69) is 15.0 Å². The van der Waals surface area contributed by atoms with E-state index in [1.54, 1.807) is 18.2 Å². The van der Waals surface area contributed by atoms with Crippen LogP contribution in [0.15, 0.2) is 58.4 Å². The standard InChI is InChI=1S/C19H20ClN3O3S/c20-17-8-2-1-5-14(17)10-11-19(24)22-15-6-3-7-16(13-15)27(25,26)23-18-9-4-12-21-18/h1-3,5-8,13H,4,9-12H2,(H,21,23)(H,22,24). The molecule has 142 valence electrons. The van der Waals surface area contributed by atoms with Crippen LogP contribution in [0.1, 0.15) is 24.8 Å². The summed E-state index contributed by atoms with van der Waals surface area (Å²) in [6.45, 7) is 0.638. The van der Waals surface area contributed by atoms with Gasteiger partial charge in [-0.3, -0.25) is 14.5 Å². The normalized spacial score (nSPS) is 13.9. The lowest BCUT2D eigenvalue weighted by Crippen LogP contribution is -2.29. The smallest absolute Gasteiger partial charge is 0.262 e. The SMILES string of the molecule is O=C(CCc1ccccc1Cl)Nc1cccc(S(=O)(=O)NC2=NCCC2)c1. The van der Waals surface area contributed by atoms with Crippen LogP contribution in [0.25, 0.3) is 0 Å². The zero-order chi connectivity index (χ0) is 19.3. The number of halogens is 1. The number of aliphatic imine (C=N–C) groups is 1. The molecule has 0 aromatic heterocycles. The van der Waals surface area contributed by atoms with Crippen molar-refractivity contribution in [3.8, 4) is 0 Å². The second-order valence-electron chi connectivity index (χ2n) is 6.20. The summed E-state index contributed by atoms with van der Waals surface area (Å²) in [5.41, 5.74) is 1.32. The maximum absolute atomic E-state index is 12.5. The summed E-state index contributed by atoms with van der Waals surface area (Å²) in [5, 5.41) is 3.36. The fourth-order valence-electron chi connectivity index (χ4n) is 2.75. The highest BCUT2D eigenvalue weighted by molar-refractivity contribution is 7.90. The van der Waals surface area contributed by atoms with Crippen LogP contribution < -0.4 is 10.0 Å². The molecule has 1 aliphatic heterocycles. The van der Waals surface area contributed by atoms with Gasteiger partial charge in [0.1, 0.15) is 5.84 Å². The number of amidine groups is 1. The first kappa shape index (κ1) is 19.4. The number of carbonyl (C=O) groups excluding carboxylic acids is 1. The molecule has 0 atom stereocenters. The van der Waals surface area contributed by atoms with Crippen molar-refractivity contribution in [3.63, 3.8) is 0 Å². The number of hydrogen-bond donors (Lipinski definition) is 2. The maximum atomic E-state index is 12.5. The Bertz CT molecular complexity index is 974. The van der Waals surface area contributed by atoms with Crippen molar-refractivity contribution in [2.45, 2.75) is 30.6 Å². The number of nitrogens with zero attached hydrogens (tertiary/aromatic N) is 1. The fourth-order valence-corrected chi connectivity index (χ4v) is 4.12. The van der Waals surface area contributed by atoms with Crippen molar-refractivity contribution in [1.29, 1.82) is 0 Å². The second kappa shape index (κ2) is 8.54. The second-order valence-corrected chi connectivity index (χ2v) is 8.29. The van der Waals surface area contributed by atoms with E-state index >= 15 is 0 Å². The van der Waals surface area contributed by atoms with Crippen molar-refractivity contribution in [2.24, 2.45) is 4.99 Å². The van der Waals surface area contributed by atoms with E-state index in [4.69, 9.17) is 11.6 Å². The monoisotopic (exact) mass is 405 g/mol. The first-order valence-corrected chi connectivity index (χ1v) is 10.5. The van der Waals surface area contributed by atoms with Gasteiger partial charge in [-0.25, -0.2) is 8.42 Å². The van der Waals surface area contributed by atoms with E-state index in [0.717, 1.165) is 12.0 Å². The molecular formula is C19H20ClN3O3S. The summed E-state index contributed by atoms with van der Waals surface area (Å²) >= 11 is 6.09. The Hall–Kier alpha value is -2.38. The molecule has 2 N–H and O–H groups in total. The summed E-state index contributed by atoms with van der Waals surface area (Å²) < 4.78 is 27.4. The molecule has 0 bridgehead atoms. The number of amides is 1. The Morgan fingerprint density at radius 3 is 2.70 bits per heavy atom. The Balaban J connectivity index is 1.63. The van der Waals surface area contributed by atoms with Gasteiger partial charge in [0.15, 0.2) is 0 Å². The number of hydrogen-bond acceptors (Lipinski definition) is 4. The molecule has 0 aliphatic carbocycles. The van der Waals surface area contributed by atoms with Crippen LogP contribution in [-0.4, -0.2) is 26.7 Å². The Kier molecular flexibility index (Phi) is 6.13. The van der Waals surface area contributed by atoms with E-state index in [1.807, 2.05) is 18.2 Å². The Morgan fingerprint density at radius 1 is 1.15 bits per heavy atom. The van der Waals surface area contributed by atoms with Crippen LogP contribution >= 0.6 is 11.6 Å². The zero-order valence-corrected chi connectivity index (χ0v) is 16.2. The molecular weight excluding hydrogens is 386 g/mol. The molecule has 1 amide bonds. The number of aryl methyl sites for hydroxylation is 1. The highest BCUT2D eigenvalue weighted by atomic mass is 35.5. The van der Waals surface area contributed by atoms with Crippen molar-refractivity contribution in [2.75, 3.05) is 11.9 Å². The Labute approximate surface area is 163 Å². The van der Waals surface area contributed by atoms with E-state index in [0.29, 0.717) is 35.9 Å². The molecule has 1 heterocycles. The number of anilines is 1. The van der Waals surface area contributed by atoms with Crippen LogP contribution in [0, 0.1) is 0 Å². The number of sulfonamides is 1. The first-order valence-electron chi connectivity index (χ1n) is 8.63. The highest BCUT2D eigenvalue weighted by Gasteiger charge is 2.18. The number of benzene rings is 2. The molecule has 0 saturated carbocycles. The summed E-state index contributed by atoms with van der Waals surface area (Å²) in [5.74, 6) is 0.266. The van der Waals surface area contributed by atoms with Gasteiger partial charge in [0.25, 0.3) is 10.0 Å². The third-order valence-corrected chi connectivity index (χ3v) is 5.88. The van der Waals surface area contributed by atoms with Crippen molar-refractivity contribution in [3.05, 3.63) is 59.1 Å². The molecule has 1 aliphatic rings. The first-order chi connectivity index (χ1) is 12.9. The molecule has 2 aromatic rings. The lowest BCUT2D eigenvalue weighted by Gasteiger charge is -2.10. The largest absolute Gasteiger partial charge is 0.326 e. The van der Waals surface area contributed by atoms with Crippen molar-refractivity contribution < 1.29 is 13.2 Å². The number of nitrogens with one attached hydrogen (secondary N) is 2. The lowest BCUT2D eigenvalue weighted by atomic mass is 10.1. The minimum atomic E-state index is -3.71. The molecule has 0 radical (unpaired) electrons. The van der Waals surface area contributed by atoms with Gasteiger partial charge in [-0.2, -0.15) is 0 Å². The fraction of sp³-hybridized carbons (Fsp3) is 0.263. The van der Waals surface area contributed by atoms with Crippen LogP contribution in [0.4, 0.5) is 5.69 Å². The summed E-state index contributed by atoms with van der Waals surface area (Å²) in [7, 11) is -3.71. The molecule has 0 spiro atoms. The molecule has 3 rings (SSSR count). The van der Waals surface area contributed by atoms with Gasteiger partial charge in [0.05, 0.1) is 4.90 Å². The zero-order valence-electron chi connectivity index (χ0n) is 14.6. The molecule has 27 heavy (non-hydrogen) atoms. The predicted molar refractivity (Wildman–Crippen MR) is 107 cm³/mol. The Morgan fingerprint density at radius 2 is 1.96 bits per heavy atom. The predicted octanol–water partition coefficient (Wildman–Crippen LogP) is 3.38. The molecule has 0 fully saturated rings. The third-order valence-electron chi connectivity index (χ3n) is 4.13. The van der Waals surface area contributed by atoms with Gasteiger partial charge < -0.3 is 5.32 Å². The van der Waals surface area contributed by atoms with Crippen LogP contribution in [0.3, 0.4) is 0 Å². The quantitative estimate of drug-likeness (QED) is 0.772. The van der Waals surface area contributed by atoms with E-state index in [1.165, 1.54) is 12.1 Å². The van der Waals surface area contributed by atoms with Gasteiger partial charge in [-0.15, -0.1) is 0 Å². The summed E-state index contributed by atoms with van der Waals surface area (Å²) in [6, 6.07) is 13.5. The average Bonchev–Trinajstić information content (AvgIpc) is 3.13. The van der Waals surface area contributed by atoms with Crippen molar-refractivity contribution in [1.82, 2.24) is 4.72 Å². The van der Waals surface area contributed by atoms with Crippen LogP contribution in [0.2, 0.25) is 5.02 Å². The third kappa shape index (κ3) is 5.30. The summed E-state index contributed by atoms with van der Waals surface area (Å²) in [4.78, 5) is 16.4. The van der Waals surface area contributed by atoms with Gasteiger partial charge in [-0.05, 0) is 42.7 Å². The molecule has 0 saturated heterocycles. The van der Waals surface area contributed by atoms with Gasteiger partial charge in [0.2, 0.25) is 5.91 Å². The van der Waals surface area contributed by atoms with Gasteiger partial charge in [-0.1, -0.05) is 35.9 Å². The average molecular weight is 406 g/mol. The maximum Gasteiger partial charge on any atom is 0.262 e. The number of carbonyl (C=O) groups is 1. The molecule has 6 nitrogen and oxygen atoms in total. The minimum Gasteiger partial charge on any atom is -0.326 e. The van der Waals surface area contributed by atoms with Crippen molar-refractivity contribution >= 4 is 39.1 Å². The lowest BCUT2D eigenvalue weighted by molar-refractivity contribution is -0.116. The van der Waals surface area contributed by atoms with Gasteiger partial charge >= 0.3 is 0 Å². The summed E-state index contributed by atoms with van der Waals surface area (Å²) in [6.07, 6.45) is 2.22.